The maximum Gasteiger partial charge on any atom is 0.143 e. The van der Waals surface area contributed by atoms with E-state index in [1.54, 1.807) is 11.3 Å². The Morgan fingerprint density at radius 3 is 3.11 bits per heavy atom. The third-order valence-electron chi connectivity index (χ3n) is 3.28. The van der Waals surface area contributed by atoms with E-state index in [9.17, 15) is 0 Å². The van der Waals surface area contributed by atoms with E-state index < -0.39 is 0 Å². The molecule has 1 aliphatic rings. The molecule has 0 radical (unpaired) electrons. The highest BCUT2D eigenvalue weighted by molar-refractivity contribution is 7.13. The molecule has 96 valence electrons. The van der Waals surface area contributed by atoms with E-state index in [0.29, 0.717) is 0 Å². The number of thiazole rings is 1. The lowest BCUT2D eigenvalue weighted by Crippen LogP contribution is -2.15. The Morgan fingerprint density at radius 1 is 1.32 bits per heavy atom. The van der Waals surface area contributed by atoms with E-state index in [2.05, 4.69) is 20.7 Å². The minimum atomic E-state index is 0.723. The van der Waals surface area contributed by atoms with Crippen molar-refractivity contribution in [2.75, 3.05) is 0 Å². The summed E-state index contributed by atoms with van der Waals surface area (Å²) in [6, 6.07) is 6.73. The molecule has 0 amide bonds. The van der Waals surface area contributed by atoms with Crippen LogP contribution in [0.1, 0.15) is 18.5 Å². The minimum absolute atomic E-state index is 0.723. The zero-order valence-electron chi connectivity index (χ0n) is 10.4. The van der Waals surface area contributed by atoms with Crippen LogP contribution in [0, 0.1) is 0 Å². The largest absolute Gasteiger partial charge is 0.308 e. The van der Waals surface area contributed by atoms with Crippen molar-refractivity contribution in [2.24, 2.45) is 0 Å². The van der Waals surface area contributed by atoms with Gasteiger partial charge in [0, 0.05) is 30.4 Å². The third kappa shape index (κ3) is 2.27. The fourth-order valence-electron chi connectivity index (χ4n) is 2.08. The molecule has 0 aromatic carbocycles. The summed E-state index contributed by atoms with van der Waals surface area (Å²) in [6.07, 6.45) is 6.66. The molecule has 3 heterocycles. The summed E-state index contributed by atoms with van der Waals surface area (Å²) >= 11 is 1.66. The Hall–Kier alpha value is -1.72. The highest BCUT2D eigenvalue weighted by Gasteiger charge is 2.20. The summed E-state index contributed by atoms with van der Waals surface area (Å²) in [6.45, 7) is 0.870. The molecule has 4 nitrogen and oxygen atoms in total. The SMILES string of the molecule is c1ccn2cc(-c3nc(CNC4CC4)cs3)nc2c1. The first kappa shape index (κ1) is 11.1. The highest BCUT2D eigenvalue weighted by Crippen LogP contribution is 2.24. The lowest BCUT2D eigenvalue weighted by atomic mass is 10.4. The van der Waals surface area contributed by atoms with Gasteiger partial charge in [0.05, 0.1) is 5.69 Å². The fourth-order valence-corrected chi connectivity index (χ4v) is 2.85. The van der Waals surface area contributed by atoms with Crippen LogP contribution in [0.4, 0.5) is 0 Å². The lowest BCUT2D eigenvalue weighted by molar-refractivity contribution is 0.678. The Kier molecular flexibility index (Phi) is 2.60. The number of hydrogen-bond acceptors (Lipinski definition) is 4. The molecule has 19 heavy (non-hydrogen) atoms. The molecular weight excluding hydrogens is 256 g/mol. The smallest absolute Gasteiger partial charge is 0.143 e. The second-order valence-electron chi connectivity index (χ2n) is 4.89. The summed E-state index contributed by atoms with van der Waals surface area (Å²) in [4.78, 5) is 9.25. The first-order valence-electron chi connectivity index (χ1n) is 6.50. The van der Waals surface area contributed by atoms with E-state index in [1.807, 2.05) is 35.0 Å². The Bertz CT molecular complexity index is 678. The maximum absolute atomic E-state index is 4.66. The Morgan fingerprint density at radius 2 is 2.26 bits per heavy atom. The molecule has 0 aliphatic heterocycles. The normalized spacial score (nSPS) is 15.2. The van der Waals surface area contributed by atoms with Crippen molar-refractivity contribution in [3.8, 4) is 10.7 Å². The maximum atomic E-state index is 4.66. The number of hydrogen-bond donors (Lipinski definition) is 1. The highest BCUT2D eigenvalue weighted by atomic mass is 32.1. The fraction of sp³-hybridized carbons (Fsp3) is 0.286. The first-order chi connectivity index (χ1) is 9.38. The average molecular weight is 270 g/mol. The first-order valence-corrected chi connectivity index (χ1v) is 7.38. The monoisotopic (exact) mass is 270 g/mol. The molecule has 0 bridgehead atoms. The zero-order chi connectivity index (χ0) is 12.7. The number of rotatable bonds is 4. The van der Waals surface area contributed by atoms with Gasteiger partial charge < -0.3 is 9.72 Å². The number of nitrogens with one attached hydrogen (secondary N) is 1. The molecule has 3 aromatic heterocycles. The second kappa shape index (κ2) is 4.43. The van der Waals surface area contributed by atoms with Crippen molar-refractivity contribution >= 4 is 17.0 Å². The van der Waals surface area contributed by atoms with Gasteiger partial charge in [0.15, 0.2) is 0 Å². The second-order valence-corrected chi connectivity index (χ2v) is 5.75. The molecule has 0 saturated heterocycles. The number of imidazole rings is 1. The van der Waals surface area contributed by atoms with Gasteiger partial charge in [-0.05, 0) is 25.0 Å². The standard InChI is InChI=1S/C14H14N4S/c1-2-6-18-8-12(17-13(18)3-1)14-16-11(9-19-14)7-15-10-4-5-10/h1-3,6,8-10,15H,4-5,7H2. The van der Waals surface area contributed by atoms with Crippen molar-refractivity contribution in [3.05, 3.63) is 41.7 Å². The van der Waals surface area contributed by atoms with Crippen molar-refractivity contribution in [3.63, 3.8) is 0 Å². The van der Waals surface area contributed by atoms with Gasteiger partial charge in [-0.15, -0.1) is 11.3 Å². The Labute approximate surface area is 115 Å². The van der Waals surface area contributed by atoms with Crippen LogP contribution in [0.2, 0.25) is 0 Å². The van der Waals surface area contributed by atoms with Crippen LogP contribution in [-0.2, 0) is 6.54 Å². The molecule has 0 unspecified atom stereocenters. The van der Waals surface area contributed by atoms with Crippen LogP contribution in [0.3, 0.4) is 0 Å². The van der Waals surface area contributed by atoms with Crippen LogP contribution < -0.4 is 5.32 Å². The number of pyridine rings is 1. The average Bonchev–Trinajstić information content (AvgIpc) is 2.99. The lowest BCUT2D eigenvalue weighted by Gasteiger charge is -1.96. The van der Waals surface area contributed by atoms with Gasteiger partial charge in [-0.25, -0.2) is 9.97 Å². The number of aromatic nitrogens is 3. The van der Waals surface area contributed by atoms with Crippen LogP contribution in [0.25, 0.3) is 16.3 Å². The van der Waals surface area contributed by atoms with Crippen LogP contribution in [0.15, 0.2) is 36.0 Å². The zero-order valence-corrected chi connectivity index (χ0v) is 11.2. The van der Waals surface area contributed by atoms with E-state index in [1.165, 1.54) is 12.8 Å². The summed E-state index contributed by atoms with van der Waals surface area (Å²) in [5.74, 6) is 0. The van der Waals surface area contributed by atoms with Crippen LogP contribution >= 0.6 is 11.3 Å². The molecule has 5 heteroatoms. The molecule has 1 aliphatic carbocycles. The van der Waals surface area contributed by atoms with E-state index in [-0.39, 0.29) is 0 Å². The van der Waals surface area contributed by atoms with Gasteiger partial charge in [-0.3, -0.25) is 0 Å². The van der Waals surface area contributed by atoms with Gasteiger partial charge in [0.25, 0.3) is 0 Å². The number of fused-ring (bicyclic) bond motifs is 1. The topological polar surface area (TPSA) is 42.2 Å². The van der Waals surface area contributed by atoms with Crippen molar-refractivity contribution < 1.29 is 0 Å². The van der Waals surface area contributed by atoms with E-state index in [0.717, 1.165) is 34.6 Å². The molecule has 3 aromatic rings. The third-order valence-corrected chi connectivity index (χ3v) is 4.20. The molecule has 1 fully saturated rings. The minimum Gasteiger partial charge on any atom is -0.308 e. The predicted octanol–water partition coefficient (Wildman–Crippen LogP) is 2.71. The molecule has 0 atom stereocenters. The molecule has 4 rings (SSSR count). The van der Waals surface area contributed by atoms with Crippen LogP contribution in [-0.4, -0.2) is 20.4 Å². The van der Waals surface area contributed by atoms with E-state index >= 15 is 0 Å². The van der Waals surface area contributed by atoms with Crippen LogP contribution in [0.5, 0.6) is 0 Å². The Balaban J connectivity index is 1.60. The van der Waals surface area contributed by atoms with Crippen molar-refractivity contribution in [2.45, 2.75) is 25.4 Å². The number of nitrogens with zero attached hydrogens (tertiary/aromatic N) is 3. The molecule has 0 spiro atoms. The quantitative estimate of drug-likeness (QED) is 0.792. The summed E-state index contributed by atoms with van der Waals surface area (Å²) in [5, 5.41) is 6.60. The van der Waals surface area contributed by atoms with Gasteiger partial charge >= 0.3 is 0 Å². The summed E-state index contributed by atoms with van der Waals surface area (Å²) < 4.78 is 2.03. The van der Waals surface area contributed by atoms with Gasteiger partial charge in [0.1, 0.15) is 16.3 Å². The van der Waals surface area contributed by atoms with Crippen molar-refractivity contribution in [1.29, 1.82) is 0 Å². The van der Waals surface area contributed by atoms with Crippen molar-refractivity contribution in [1.82, 2.24) is 19.7 Å². The summed E-state index contributed by atoms with van der Waals surface area (Å²) in [7, 11) is 0. The molecular formula is C14H14N4S. The predicted molar refractivity (Wildman–Crippen MR) is 76.2 cm³/mol. The van der Waals surface area contributed by atoms with Gasteiger partial charge in [0.2, 0.25) is 0 Å². The van der Waals surface area contributed by atoms with E-state index in [4.69, 9.17) is 0 Å². The van der Waals surface area contributed by atoms with Gasteiger partial charge in [-0.2, -0.15) is 0 Å². The molecule has 1 N–H and O–H groups in total. The summed E-state index contributed by atoms with van der Waals surface area (Å²) in [5.41, 5.74) is 3.03. The molecule has 1 saturated carbocycles. The van der Waals surface area contributed by atoms with Gasteiger partial charge in [-0.1, -0.05) is 6.07 Å².